The quantitative estimate of drug-likeness (QED) is 0.757. The molecule has 8 heteroatoms. The number of carbonyl (C=O) groups excluding carboxylic acids is 1. The molecule has 2 aromatic rings. The van der Waals surface area contributed by atoms with Gasteiger partial charge in [-0.3, -0.25) is 9.59 Å². The summed E-state index contributed by atoms with van der Waals surface area (Å²) < 4.78 is 19.2. The second-order valence-electron chi connectivity index (χ2n) is 6.43. The highest BCUT2D eigenvalue weighted by atomic mass is 35.5. The van der Waals surface area contributed by atoms with Crippen molar-refractivity contribution in [1.29, 1.82) is 0 Å². The predicted octanol–water partition coefficient (Wildman–Crippen LogP) is 3.92. The minimum atomic E-state index is -0.988. The number of carboxylic acids is 1. The minimum Gasteiger partial charge on any atom is -0.481 e. The zero-order valence-electron chi connectivity index (χ0n) is 14.7. The third-order valence-corrected chi connectivity index (χ3v) is 4.22. The van der Waals surface area contributed by atoms with Gasteiger partial charge in [0, 0.05) is 6.54 Å². The van der Waals surface area contributed by atoms with E-state index in [2.05, 4.69) is 10.5 Å². The van der Waals surface area contributed by atoms with Crippen LogP contribution in [0.2, 0.25) is 5.02 Å². The summed E-state index contributed by atoms with van der Waals surface area (Å²) in [6.45, 7) is 5.27. The standard InChI is InChI=1S/C18H20ClFN2O4/c1-9(2)7-11(18(24)25)8-21-17(23)14-10(3)26-22-16(14)15-12(19)5-4-6-13(15)20/h4-6,9,11H,7-8H2,1-3H3,(H,21,23)(H,24,25). The van der Waals surface area contributed by atoms with Crippen molar-refractivity contribution in [2.24, 2.45) is 11.8 Å². The Bertz CT molecular complexity index is 799. The smallest absolute Gasteiger partial charge is 0.308 e. The van der Waals surface area contributed by atoms with Crippen LogP contribution in [0.5, 0.6) is 0 Å². The Hall–Kier alpha value is -2.41. The molecule has 0 fully saturated rings. The van der Waals surface area contributed by atoms with E-state index in [1.807, 2.05) is 13.8 Å². The van der Waals surface area contributed by atoms with Gasteiger partial charge in [0.05, 0.1) is 16.5 Å². The van der Waals surface area contributed by atoms with Crippen molar-refractivity contribution < 1.29 is 23.6 Å². The molecule has 0 aliphatic rings. The molecule has 0 bridgehead atoms. The maximum atomic E-state index is 14.2. The number of rotatable bonds is 7. The Morgan fingerprint density at radius 2 is 2.08 bits per heavy atom. The highest BCUT2D eigenvalue weighted by Gasteiger charge is 2.27. The number of aryl methyl sites for hydroxylation is 1. The number of carbonyl (C=O) groups is 2. The van der Waals surface area contributed by atoms with Gasteiger partial charge in [-0.2, -0.15) is 0 Å². The molecule has 0 aliphatic heterocycles. The summed E-state index contributed by atoms with van der Waals surface area (Å²) in [6.07, 6.45) is 0.421. The molecule has 0 saturated heterocycles. The fraction of sp³-hybridized carbons (Fsp3) is 0.389. The maximum absolute atomic E-state index is 14.2. The Morgan fingerprint density at radius 3 is 2.65 bits per heavy atom. The minimum absolute atomic E-state index is 0.0150. The lowest BCUT2D eigenvalue weighted by atomic mass is 9.97. The summed E-state index contributed by atoms with van der Waals surface area (Å²) in [4.78, 5) is 23.9. The highest BCUT2D eigenvalue weighted by Crippen LogP contribution is 2.33. The van der Waals surface area contributed by atoms with E-state index < -0.39 is 23.6 Å². The van der Waals surface area contributed by atoms with Crippen LogP contribution in [-0.2, 0) is 4.79 Å². The van der Waals surface area contributed by atoms with Gasteiger partial charge in [-0.1, -0.05) is 36.7 Å². The Kier molecular flexibility index (Phi) is 6.37. The van der Waals surface area contributed by atoms with E-state index in [1.54, 1.807) is 0 Å². The zero-order valence-corrected chi connectivity index (χ0v) is 15.4. The maximum Gasteiger partial charge on any atom is 0.308 e. The summed E-state index contributed by atoms with van der Waals surface area (Å²) in [5.74, 6) is -2.58. The molecule has 1 aromatic carbocycles. The number of hydrogen-bond acceptors (Lipinski definition) is 4. The van der Waals surface area contributed by atoms with Gasteiger partial charge in [-0.05, 0) is 31.4 Å². The van der Waals surface area contributed by atoms with Crippen molar-refractivity contribution in [2.45, 2.75) is 27.2 Å². The summed E-state index contributed by atoms with van der Waals surface area (Å²) in [5.41, 5.74) is -0.0161. The van der Waals surface area contributed by atoms with Crippen molar-refractivity contribution in [2.75, 3.05) is 6.54 Å². The van der Waals surface area contributed by atoms with E-state index in [0.29, 0.717) is 6.42 Å². The Labute approximate surface area is 155 Å². The lowest BCUT2D eigenvalue weighted by molar-refractivity contribution is -0.142. The number of nitrogens with zero attached hydrogens (tertiary/aromatic N) is 1. The second-order valence-corrected chi connectivity index (χ2v) is 6.84. The molecule has 0 spiro atoms. The van der Waals surface area contributed by atoms with Crippen LogP contribution in [0.4, 0.5) is 4.39 Å². The molecule has 0 radical (unpaired) electrons. The fourth-order valence-corrected chi connectivity index (χ4v) is 2.93. The SMILES string of the molecule is Cc1onc(-c2c(F)cccc2Cl)c1C(=O)NCC(CC(C)C)C(=O)O. The number of amides is 1. The molecule has 2 rings (SSSR count). The number of hydrogen-bond donors (Lipinski definition) is 2. The van der Waals surface area contributed by atoms with E-state index >= 15 is 0 Å². The summed E-state index contributed by atoms with van der Waals surface area (Å²) >= 11 is 6.05. The molecule has 140 valence electrons. The van der Waals surface area contributed by atoms with E-state index in [1.165, 1.54) is 25.1 Å². The van der Waals surface area contributed by atoms with Gasteiger partial charge in [0.1, 0.15) is 22.8 Å². The van der Waals surface area contributed by atoms with Crippen LogP contribution in [-0.4, -0.2) is 28.7 Å². The van der Waals surface area contributed by atoms with Gasteiger partial charge in [0.25, 0.3) is 5.91 Å². The first-order valence-corrected chi connectivity index (χ1v) is 8.51. The highest BCUT2D eigenvalue weighted by molar-refractivity contribution is 6.33. The van der Waals surface area contributed by atoms with Crippen molar-refractivity contribution in [3.8, 4) is 11.3 Å². The van der Waals surface area contributed by atoms with E-state index in [0.717, 1.165) is 0 Å². The second kappa shape index (κ2) is 8.31. The molecular weight excluding hydrogens is 363 g/mol. The molecule has 1 atom stereocenters. The summed E-state index contributed by atoms with van der Waals surface area (Å²) in [6, 6.07) is 4.13. The normalized spacial score (nSPS) is 12.2. The van der Waals surface area contributed by atoms with Gasteiger partial charge in [-0.25, -0.2) is 4.39 Å². The van der Waals surface area contributed by atoms with E-state index in [9.17, 15) is 19.1 Å². The third kappa shape index (κ3) is 4.40. The molecule has 1 heterocycles. The van der Waals surface area contributed by atoms with Gasteiger partial charge < -0.3 is 14.9 Å². The fourth-order valence-electron chi connectivity index (χ4n) is 2.68. The number of benzene rings is 1. The van der Waals surface area contributed by atoms with Crippen LogP contribution < -0.4 is 5.32 Å². The first-order valence-electron chi connectivity index (χ1n) is 8.14. The molecule has 26 heavy (non-hydrogen) atoms. The average Bonchev–Trinajstić information content (AvgIpc) is 2.92. The van der Waals surface area contributed by atoms with Crippen molar-refractivity contribution >= 4 is 23.5 Å². The summed E-state index contributed by atoms with van der Waals surface area (Å²) in [5, 5.41) is 15.7. The van der Waals surface area contributed by atoms with Crippen LogP contribution >= 0.6 is 11.6 Å². The number of aromatic nitrogens is 1. The van der Waals surface area contributed by atoms with Crippen LogP contribution in [0.25, 0.3) is 11.3 Å². The predicted molar refractivity (Wildman–Crippen MR) is 94.6 cm³/mol. The number of carboxylic acid groups (broad SMARTS) is 1. The van der Waals surface area contributed by atoms with E-state index in [-0.39, 0.29) is 40.1 Å². The van der Waals surface area contributed by atoms with Crippen molar-refractivity contribution in [1.82, 2.24) is 10.5 Å². The first-order chi connectivity index (χ1) is 12.2. The molecule has 0 saturated carbocycles. The number of halogens is 2. The first kappa shape index (κ1) is 19.9. The molecule has 1 aromatic heterocycles. The average molecular weight is 383 g/mol. The van der Waals surface area contributed by atoms with Gasteiger partial charge in [-0.15, -0.1) is 0 Å². The molecule has 6 nitrogen and oxygen atoms in total. The molecular formula is C18H20ClFN2O4. The lowest BCUT2D eigenvalue weighted by Crippen LogP contribution is -2.34. The number of aliphatic carboxylic acids is 1. The molecule has 1 amide bonds. The molecule has 1 unspecified atom stereocenters. The van der Waals surface area contributed by atoms with Gasteiger partial charge in [0.15, 0.2) is 0 Å². The molecule has 2 N–H and O–H groups in total. The van der Waals surface area contributed by atoms with E-state index in [4.69, 9.17) is 16.1 Å². The van der Waals surface area contributed by atoms with Crippen LogP contribution in [0.3, 0.4) is 0 Å². The van der Waals surface area contributed by atoms with Gasteiger partial charge >= 0.3 is 5.97 Å². The monoisotopic (exact) mass is 382 g/mol. The van der Waals surface area contributed by atoms with Crippen molar-refractivity contribution in [3.05, 3.63) is 40.4 Å². The van der Waals surface area contributed by atoms with Crippen molar-refractivity contribution in [3.63, 3.8) is 0 Å². The Balaban J connectivity index is 2.28. The van der Waals surface area contributed by atoms with Crippen LogP contribution in [0.1, 0.15) is 36.4 Å². The topological polar surface area (TPSA) is 92.4 Å². The summed E-state index contributed by atoms with van der Waals surface area (Å²) in [7, 11) is 0. The Morgan fingerprint density at radius 1 is 1.38 bits per heavy atom. The van der Waals surface area contributed by atoms with Crippen LogP contribution in [0, 0.1) is 24.6 Å². The van der Waals surface area contributed by atoms with Gasteiger partial charge in [0.2, 0.25) is 0 Å². The zero-order chi connectivity index (χ0) is 19.4. The third-order valence-electron chi connectivity index (χ3n) is 3.90. The van der Waals surface area contributed by atoms with Crippen LogP contribution in [0.15, 0.2) is 22.7 Å². The largest absolute Gasteiger partial charge is 0.481 e. The lowest BCUT2D eigenvalue weighted by Gasteiger charge is -2.15. The number of nitrogens with one attached hydrogen (secondary N) is 1. The molecule has 0 aliphatic carbocycles.